The van der Waals surface area contributed by atoms with E-state index in [0.29, 0.717) is 0 Å². The van der Waals surface area contributed by atoms with E-state index in [4.69, 9.17) is 4.74 Å². The fraction of sp³-hybridized carbons (Fsp3) is 0.667. The highest BCUT2D eigenvalue weighted by Crippen LogP contribution is 2.64. The van der Waals surface area contributed by atoms with Gasteiger partial charge in [-0.15, -0.1) is 0 Å². The molecule has 0 bridgehead atoms. The number of epoxide rings is 1. The monoisotopic (exact) mass is 151 g/mol. The van der Waals surface area contributed by atoms with Gasteiger partial charge in [-0.3, -0.25) is 0 Å². The SMILES string of the molecule is O[C@H]1[CH+]C[C@]23CC=CC[C@]12O3. The summed E-state index contributed by atoms with van der Waals surface area (Å²) >= 11 is 0. The predicted octanol–water partition coefficient (Wildman–Crippen LogP) is 0.813. The molecular formula is C9H11O2+. The van der Waals surface area contributed by atoms with Crippen molar-refractivity contribution in [2.75, 3.05) is 0 Å². The lowest BCUT2D eigenvalue weighted by atomic mass is 9.85. The zero-order valence-corrected chi connectivity index (χ0v) is 6.29. The molecule has 0 aromatic rings. The Balaban J connectivity index is 2.03. The van der Waals surface area contributed by atoms with Gasteiger partial charge in [-0.2, -0.15) is 0 Å². The molecule has 58 valence electrons. The summed E-state index contributed by atoms with van der Waals surface area (Å²) in [6.45, 7) is 0. The highest BCUT2D eigenvalue weighted by Gasteiger charge is 2.81. The molecule has 3 atom stereocenters. The van der Waals surface area contributed by atoms with Gasteiger partial charge < -0.3 is 9.84 Å². The number of ether oxygens (including phenoxy) is 1. The molecule has 0 aromatic heterocycles. The van der Waals surface area contributed by atoms with E-state index in [2.05, 4.69) is 12.2 Å². The summed E-state index contributed by atoms with van der Waals surface area (Å²) in [5.41, 5.74) is -0.178. The average molecular weight is 151 g/mol. The second kappa shape index (κ2) is 1.50. The number of aliphatic hydroxyl groups is 1. The minimum atomic E-state index is -0.326. The lowest BCUT2D eigenvalue weighted by Gasteiger charge is -2.11. The third-order valence-corrected chi connectivity index (χ3v) is 3.29. The Morgan fingerprint density at radius 1 is 1.45 bits per heavy atom. The van der Waals surface area contributed by atoms with Crippen molar-refractivity contribution in [2.45, 2.75) is 36.6 Å². The van der Waals surface area contributed by atoms with Gasteiger partial charge >= 0.3 is 0 Å². The molecule has 11 heavy (non-hydrogen) atoms. The van der Waals surface area contributed by atoms with E-state index >= 15 is 0 Å². The highest BCUT2D eigenvalue weighted by atomic mass is 16.6. The third-order valence-electron chi connectivity index (χ3n) is 3.29. The molecule has 0 aromatic carbocycles. The molecule has 0 spiro atoms. The summed E-state index contributed by atoms with van der Waals surface area (Å²) in [5.74, 6) is 0. The van der Waals surface area contributed by atoms with Crippen LogP contribution < -0.4 is 0 Å². The Morgan fingerprint density at radius 3 is 3.09 bits per heavy atom. The summed E-state index contributed by atoms with van der Waals surface area (Å²) < 4.78 is 5.66. The first-order valence-electron chi connectivity index (χ1n) is 4.16. The molecule has 2 fully saturated rings. The van der Waals surface area contributed by atoms with E-state index in [1.807, 2.05) is 6.42 Å². The number of aliphatic hydroxyl groups excluding tert-OH is 1. The zero-order chi connectivity index (χ0) is 7.53. The topological polar surface area (TPSA) is 32.8 Å². The third kappa shape index (κ3) is 0.481. The van der Waals surface area contributed by atoms with Crippen LogP contribution in [0.2, 0.25) is 0 Å². The second-order valence-corrected chi connectivity index (χ2v) is 3.75. The van der Waals surface area contributed by atoms with Crippen LogP contribution >= 0.6 is 0 Å². The van der Waals surface area contributed by atoms with Gasteiger partial charge in [-0.05, 0) is 0 Å². The van der Waals surface area contributed by atoms with Crippen LogP contribution in [-0.2, 0) is 4.74 Å². The molecule has 3 rings (SSSR count). The van der Waals surface area contributed by atoms with E-state index in [-0.39, 0.29) is 17.3 Å². The van der Waals surface area contributed by atoms with Crippen LogP contribution in [0.15, 0.2) is 12.2 Å². The first kappa shape index (κ1) is 6.09. The van der Waals surface area contributed by atoms with Gasteiger partial charge in [0.15, 0.2) is 5.60 Å². The number of hydrogen-bond donors (Lipinski definition) is 1. The van der Waals surface area contributed by atoms with Crippen LogP contribution in [0, 0.1) is 6.42 Å². The van der Waals surface area contributed by atoms with Crippen LogP contribution in [0.4, 0.5) is 0 Å². The Morgan fingerprint density at radius 2 is 2.27 bits per heavy atom. The summed E-state index contributed by atoms with van der Waals surface area (Å²) in [6.07, 6.45) is 8.75. The molecule has 0 unspecified atom stereocenters. The number of rotatable bonds is 0. The van der Waals surface area contributed by atoms with Crippen molar-refractivity contribution in [3.63, 3.8) is 0 Å². The standard InChI is InChI=1S/C9H11O2/c10-7-3-6-8-4-1-2-5-9(7,8)11-8/h1-3,7,10H,4-6H2/q+1/t7-,8+,9-/m0/s1. The lowest BCUT2D eigenvalue weighted by Crippen LogP contribution is -2.31. The maximum Gasteiger partial charge on any atom is 0.227 e. The van der Waals surface area contributed by atoms with Crippen molar-refractivity contribution < 1.29 is 9.84 Å². The lowest BCUT2D eigenvalue weighted by molar-refractivity contribution is 0.0947. The highest BCUT2D eigenvalue weighted by molar-refractivity contribution is 5.34. The molecule has 0 radical (unpaired) electrons. The van der Waals surface area contributed by atoms with Crippen LogP contribution in [0.3, 0.4) is 0 Å². The summed E-state index contributed by atoms with van der Waals surface area (Å²) in [4.78, 5) is 0. The van der Waals surface area contributed by atoms with Gasteiger partial charge in [0, 0.05) is 12.8 Å². The normalized spacial score (nSPS) is 58.1. The summed E-state index contributed by atoms with van der Waals surface area (Å²) in [5, 5.41) is 9.61. The van der Waals surface area contributed by atoms with Crippen molar-refractivity contribution in [1.82, 2.24) is 0 Å². The molecule has 1 heterocycles. The van der Waals surface area contributed by atoms with E-state index in [0.717, 1.165) is 19.3 Å². The van der Waals surface area contributed by atoms with Crippen molar-refractivity contribution in [3.05, 3.63) is 18.6 Å². The van der Waals surface area contributed by atoms with E-state index in [1.54, 1.807) is 0 Å². The molecular weight excluding hydrogens is 140 g/mol. The average Bonchev–Trinajstić information content (AvgIpc) is 2.63. The van der Waals surface area contributed by atoms with Gasteiger partial charge in [-0.1, -0.05) is 12.2 Å². The Bertz CT molecular complexity index is 236. The van der Waals surface area contributed by atoms with E-state index < -0.39 is 0 Å². The van der Waals surface area contributed by atoms with E-state index in [9.17, 15) is 5.11 Å². The minimum absolute atomic E-state index is 0.0150. The van der Waals surface area contributed by atoms with Crippen LogP contribution in [0.1, 0.15) is 19.3 Å². The second-order valence-electron chi connectivity index (χ2n) is 3.75. The Labute approximate surface area is 65.9 Å². The van der Waals surface area contributed by atoms with Crippen LogP contribution in [0.5, 0.6) is 0 Å². The quantitative estimate of drug-likeness (QED) is 0.316. The van der Waals surface area contributed by atoms with Gasteiger partial charge in [0.05, 0.1) is 0 Å². The number of hydrogen-bond acceptors (Lipinski definition) is 2. The molecule has 2 heteroatoms. The van der Waals surface area contributed by atoms with Crippen LogP contribution in [-0.4, -0.2) is 22.4 Å². The Hall–Kier alpha value is -0.470. The maximum absolute atomic E-state index is 9.61. The van der Waals surface area contributed by atoms with Crippen molar-refractivity contribution in [2.24, 2.45) is 0 Å². The van der Waals surface area contributed by atoms with Gasteiger partial charge in [0.2, 0.25) is 6.10 Å². The van der Waals surface area contributed by atoms with Gasteiger partial charge in [-0.25, -0.2) is 0 Å². The Kier molecular flexibility index (Phi) is 0.828. The molecule has 1 saturated carbocycles. The first-order valence-corrected chi connectivity index (χ1v) is 4.16. The molecule has 0 amide bonds. The zero-order valence-electron chi connectivity index (χ0n) is 6.29. The molecule has 3 aliphatic rings. The summed E-state index contributed by atoms with van der Waals surface area (Å²) in [6, 6.07) is 0. The largest absolute Gasteiger partial charge is 0.351 e. The molecule has 1 N–H and O–H groups in total. The van der Waals surface area contributed by atoms with Gasteiger partial charge in [0.1, 0.15) is 18.4 Å². The van der Waals surface area contributed by atoms with Crippen molar-refractivity contribution >= 4 is 0 Å². The molecule has 1 aliphatic heterocycles. The first-order chi connectivity index (χ1) is 5.29. The van der Waals surface area contributed by atoms with Crippen LogP contribution in [0.25, 0.3) is 0 Å². The maximum atomic E-state index is 9.61. The fourth-order valence-corrected chi connectivity index (χ4v) is 2.54. The summed E-state index contributed by atoms with van der Waals surface area (Å²) in [7, 11) is 0. The van der Waals surface area contributed by atoms with Crippen molar-refractivity contribution in [1.29, 1.82) is 0 Å². The van der Waals surface area contributed by atoms with E-state index in [1.165, 1.54) is 0 Å². The smallest absolute Gasteiger partial charge is 0.227 e. The molecule has 1 saturated heterocycles. The molecule has 2 aliphatic carbocycles. The molecule has 2 nitrogen and oxygen atoms in total. The van der Waals surface area contributed by atoms with Crippen molar-refractivity contribution in [3.8, 4) is 0 Å². The minimum Gasteiger partial charge on any atom is -0.351 e. The van der Waals surface area contributed by atoms with Gasteiger partial charge in [0.25, 0.3) is 0 Å². The fourth-order valence-electron chi connectivity index (χ4n) is 2.54. The predicted molar refractivity (Wildman–Crippen MR) is 39.8 cm³/mol.